The van der Waals surface area contributed by atoms with Crippen molar-refractivity contribution in [3.05, 3.63) is 18.0 Å². The van der Waals surface area contributed by atoms with Gasteiger partial charge in [-0.05, 0) is 101 Å². The second-order valence-corrected chi connectivity index (χ2v) is 11.2. The van der Waals surface area contributed by atoms with Crippen LogP contribution in [-0.4, -0.2) is 26.3 Å². The molecule has 1 aromatic rings. The third-order valence-corrected chi connectivity index (χ3v) is 9.03. The molecule has 0 saturated heterocycles. The lowest BCUT2D eigenvalue weighted by Crippen LogP contribution is -2.45. The van der Waals surface area contributed by atoms with E-state index in [4.69, 9.17) is 5.26 Å². The van der Waals surface area contributed by atoms with Crippen LogP contribution in [0.3, 0.4) is 0 Å². The number of nitriles is 1. The van der Waals surface area contributed by atoms with Crippen molar-refractivity contribution in [3.8, 4) is 6.07 Å². The molecule has 3 aliphatic carbocycles. The molecule has 1 heterocycles. The fourth-order valence-electron chi connectivity index (χ4n) is 7.27. The summed E-state index contributed by atoms with van der Waals surface area (Å²) < 4.78 is 1.66. The molecule has 4 rings (SSSR count). The molecule has 1 aromatic heterocycles. The molecule has 3 aliphatic rings. The Morgan fingerprint density at radius 3 is 2.74 bits per heavy atom. The molecular formula is C26H39N3O2. The predicted octanol–water partition coefficient (Wildman–Crippen LogP) is 5.29. The van der Waals surface area contributed by atoms with Crippen molar-refractivity contribution in [2.45, 2.75) is 96.6 Å². The predicted molar refractivity (Wildman–Crippen MR) is 120 cm³/mol. The highest BCUT2D eigenvalue weighted by atomic mass is 16.3. The Hall–Kier alpha value is -1.67. The second kappa shape index (κ2) is 9.06. The zero-order chi connectivity index (χ0) is 22.2. The Morgan fingerprint density at radius 2 is 2.00 bits per heavy atom. The van der Waals surface area contributed by atoms with Gasteiger partial charge in [0.05, 0.1) is 17.4 Å². The van der Waals surface area contributed by atoms with E-state index in [1.165, 1.54) is 31.9 Å². The maximum absolute atomic E-state index is 13.3. The lowest BCUT2D eigenvalue weighted by Gasteiger charge is -2.50. The number of ketones is 1. The average molecular weight is 426 g/mol. The van der Waals surface area contributed by atoms with Gasteiger partial charge < -0.3 is 5.11 Å². The first kappa shape index (κ1) is 22.5. The average Bonchev–Trinajstić information content (AvgIpc) is 3.24. The molecule has 0 aromatic carbocycles. The fourth-order valence-corrected chi connectivity index (χ4v) is 7.27. The van der Waals surface area contributed by atoms with Crippen molar-refractivity contribution >= 4 is 5.78 Å². The molecule has 5 nitrogen and oxygen atoms in total. The van der Waals surface area contributed by atoms with Gasteiger partial charge in [0.15, 0.2) is 5.78 Å². The van der Waals surface area contributed by atoms with Gasteiger partial charge in [0, 0.05) is 12.1 Å². The number of hydrogen-bond acceptors (Lipinski definition) is 4. The van der Waals surface area contributed by atoms with Gasteiger partial charge in [-0.3, -0.25) is 9.48 Å². The summed E-state index contributed by atoms with van der Waals surface area (Å²) in [4.78, 5) is 13.3. The summed E-state index contributed by atoms with van der Waals surface area (Å²) in [6.45, 7) is 6.36. The highest BCUT2D eigenvalue weighted by molar-refractivity contribution is 5.84. The minimum absolute atomic E-state index is 0.0928. The van der Waals surface area contributed by atoms with Crippen LogP contribution in [0.15, 0.2) is 12.4 Å². The summed E-state index contributed by atoms with van der Waals surface area (Å²) in [5.74, 6) is 4.02. The maximum atomic E-state index is 13.3. The van der Waals surface area contributed by atoms with Gasteiger partial charge in [-0.15, -0.1) is 0 Å². The van der Waals surface area contributed by atoms with Crippen LogP contribution in [0.4, 0.5) is 0 Å². The number of hydrogen-bond donors (Lipinski definition) is 1. The summed E-state index contributed by atoms with van der Waals surface area (Å²) in [5.41, 5.74) is 0.0387. The summed E-state index contributed by atoms with van der Waals surface area (Å²) in [5, 5.41) is 23.9. The van der Waals surface area contributed by atoms with Gasteiger partial charge in [0.1, 0.15) is 12.1 Å². The normalized spacial score (nSPS) is 39.7. The van der Waals surface area contributed by atoms with Crippen molar-refractivity contribution in [3.63, 3.8) is 0 Å². The SMILES string of the molecule is C[C@H]1CC[C@H](C(=O)[C@H](C)n2cc(C#N)cn2)CCC[C@H]2[C@H]1CC[C@H]1C[C@](C)(O)CC[C@@H]12. The van der Waals surface area contributed by atoms with E-state index in [9.17, 15) is 9.90 Å². The molecule has 0 amide bonds. The van der Waals surface area contributed by atoms with Crippen molar-refractivity contribution in [2.75, 3.05) is 0 Å². The van der Waals surface area contributed by atoms with Gasteiger partial charge in [-0.1, -0.05) is 13.3 Å². The smallest absolute Gasteiger partial charge is 0.160 e. The molecule has 0 spiro atoms. The third kappa shape index (κ3) is 4.75. The highest BCUT2D eigenvalue weighted by Gasteiger charge is 2.46. The van der Waals surface area contributed by atoms with E-state index in [0.717, 1.165) is 56.3 Å². The van der Waals surface area contributed by atoms with Gasteiger partial charge >= 0.3 is 0 Å². The first-order valence-corrected chi connectivity index (χ1v) is 12.5. The van der Waals surface area contributed by atoms with Gasteiger partial charge in [-0.25, -0.2) is 0 Å². The largest absolute Gasteiger partial charge is 0.390 e. The monoisotopic (exact) mass is 425 g/mol. The molecule has 0 unspecified atom stereocenters. The van der Waals surface area contributed by atoms with Crippen molar-refractivity contribution in [1.29, 1.82) is 5.26 Å². The second-order valence-electron chi connectivity index (χ2n) is 11.2. The molecule has 3 saturated carbocycles. The fraction of sp³-hybridized carbons (Fsp3) is 0.808. The first-order chi connectivity index (χ1) is 14.8. The number of nitrogens with zero attached hydrogens (tertiary/aromatic N) is 3. The van der Waals surface area contributed by atoms with E-state index >= 15 is 0 Å². The number of rotatable bonds is 3. The van der Waals surface area contributed by atoms with Gasteiger partial charge in [-0.2, -0.15) is 10.4 Å². The van der Waals surface area contributed by atoms with E-state index in [1.54, 1.807) is 10.9 Å². The minimum atomic E-state index is -0.469. The van der Waals surface area contributed by atoms with Crippen LogP contribution in [-0.2, 0) is 4.79 Å². The molecule has 0 bridgehead atoms. The number of aromatic nitrogens is 2. The summed E-state index contributed by atoms with van der Waals surface area (Å²) in [6, 6.07) is 1.79. The topological polar surface area (TPSA) is 78.9 Å². The van der Waals surface area contributed by atoms with Crippen molar-refractivity contribution in [2.24, 2.45) is 35.5 Å². The molecular weight excluding hydrogens is 386 g/mol. The standard InChI is InChI=1S/C26H39N3O2/c1-17-7-8-20(25(30)18(2)29-16-19(14-27)15-28-29)5-4-6-24-22(17)10-9-21-13-26(3,31)12-11-23(21)24/h15-18,20-24,31H,4-13H2,1-3H3/t17-,18-,20+,21-,22-,23-,24-,26+/m0/s1. The molecule has 170 valence electrons. The Morgan fingerprint density at radius 1 is 1.19 bits per heavy atom. The van der Waals surface area contributed by atoms with Crippen molar-refractivity contribution < 1.29 is 9.90 Å². The Bertz CT molecular complexity index is 823. The van der Waals surface area contributed by atoms with E-state index in [-0.39, 0.29) is 17.7 Å². The summed E-state index contributed by atoms with van der Waals surface area (Å²) in [7, 11) is 0. The molecule has 0 radical (unpaired) electrons. The molecule has 5 heteroatoms. The van der Waals surface area contributed by atoms with Crippen LogP contribution in [0.2, 0.25) is 0 Å². The number of carbonyl (C=O) groups excluding carboxylic acids is 1. The molecule has 31 heavy (non-hydrogen) atoms. The number of aliphatic hydroxyl groups is 1. The molecule has 0 aliphatic heterocycles. The van der Waals surface area contributed by atoms with Crippen LogP contribution in [0, 0.1) is 46.8 Å². The minimum Gasteiger partial charge on any atom is -0.390 e. The Labute approximate surface area is 187 Å². The third-order valence-electron chi connectivity index (χ3n) is 9.03. The lowest BCUT2D eigenvalue weighted by atomic mass is 9.56. The van der Waals surface area contributed by atoms with Crippen LogP contribution in [0.1, 0.15) is 96.6 Å². The number of fused-ring (bicyclic) bond motifs is 3. The summed E-state index contributed by atoms with van der Waals surface area (Å²) in [6.07, 6.45) is 14.3. The lowest BCUT2D eigenvalue weighted by molar-refractivity contribution is -0.126. The van der Waals surface area contributed by atoms with Crippen LogP contribution in [0.5, 0.6) is 0 Å². The Kier molecular flexibility index (Phi) is 6.58. The first-order valence-electron chi connectivity index (χ1n) is 12.5. The van der Waals surface area contributed by atoms with E-state index < -0.39 is 5.60 Å². The molecule has 3 fully saturated rings. The van der Waals surface area contributed by atoms with Crippen LogP contribution >= 0.6 is 0 Å². The van der Waals surface area contributed by atoms with Gasteiger partial charge in [0.2, 0.25) is 0 Å². The summed E-state index contributed by atoms with van der Waals surface area (Å²) >= 11 is 0. The van der Waals surface area contributed by atoms with Gasteiger partial charge in [0.25, 0.3) is 0 Å². The highest BCUT2D eigenvalue weighted by Crippen LogP contribution is 2.53. The zero-order valence-corrected chi connectivity index (χ0v) is 19.5. The zero-order valence-electron chi connectivity index (χ0n) is 19.5. The van der Waals surface area contributed by atoms with E-state index in [0.29, 0.717) is 17.4 Å². The van der Waals surface area contributed by atoms with Crippen LogP contribution < -0.4 is 0 Å². The van der Waals surface area contributed by atoms with E-state index in [1.807, 2.05) is 13.8 Å². The maximum Gasteiger partial charge on any atom is 0.160 e. The number of Topliss-reactive ketones (excluding diaryl/α,β-unsaturated/α-hetero) is 1. The van der Waals surface area contributed by atoms with Crippen molar-refractivity contribution in [1.82, 2.24) is 9.78 Å². The quantitative estimate of drug-likeness (QED) is 0.713. The van der Waals surface area contributed by atoms with E-state index in [2.05, 4.69) is 18.1 Å². The number of carbonyl (C=O) groups is 1. The molecule has 8 atom stereocenters. The Balaban J connectivity index is 1.44. The molecule has 1 N–H and O–H groups in total. The van der Waals surface area contributed by atoms with Crippen LogP contribution in [0.25, 0.3) is 0 Å².